The van der Waals surface area contributed by atoms with Crippen molar-refractivity contribution >= 4 is 5.91 Å². The highest BCUT2D eigenvalue weighted by Gasteiger charge is 2.41. The molecular formula is C23H28N2O3. The molecule has 2 aliphatic heterocycles. The van der Waals surface area contributed by atoms with Crippen LogP contribution in [0.4, 0.5) is 0 Å². The smallest absolute Gasteiger partial charge is 0.260 e. The lowest BCUT2D eigenvalue weighted by Crippen LogP contribution is -2.54. The van der Waals surface area contributed by atoms with Crippen LogP contribution < -0.4 is 9.47 Å². The van der Waals surface area contributed by atoms with Crippen LogP contribution in [0, 0.1) is 6.92 Å². The third-order valence-electron chi connectivity index (χ3n) is 5.77. The number of carbonyl (C=O) groups excluding carboxylic acids is 1. The van der Waals surface area contributed by atoms with E-state index in [1.54, 1.807) is 0 Å². The molecule has 2 aromatic carbocycles. The predicted molar refractivity (Wildman–Crippen MR) is 109 cm³/mol. The largest absolute Gasteiger partial charge is 0.485 e. The van der Waals surface area contributed by atoms with Crippen molar-refractivity contribution in [3.05, 3.63) is 59.7 Å². The Balaban J connectivity index is 1.51. The number of para-hydroxylation sites is 1. The predicted octanol–water partition coefficient (Wildman–Crippen LogP) is 3.26. The van der Waals surface area contributed by atoms with E-state index in [1.807, 2.05) is 60.4 Å². The molecule has 2 aromatic rings. The molecule has 0 saturated carbocycles. The third kappa shape index (κ3) is 4.14. The van der Waals surface area contributed by atoms with Gasteiger partial charge < -0.3 is 19.3 Å². The second-order valence-corrected chi connectivity index (χ2v) is 8.05. The van der Waals surface area contributed by atoms with E-state index < -0.39 is 0 Å². The van der Waals surface area contributed by atoms with Crippen LogP contribution in [0.2, 0.25) is 0 Å². The van der Waals surface area contributed by atoms with Gasteiger partial charge in [0.1, 0.15) is 17.1 Å². The summed E-state index contributed by atoms with van der Waals surface area (Å²) < 4.78 is 12.3. The van der Waals surface area contributed by atoms with Gasteiger partial charge in [-0.15, -0.1) is 0 Å². The zero-order valence-corrected chi connectivity index (χ0v) is 16.7. The summed E-state index contributed by atoms with van der Waals surface area (Å²) >= 11 is 0. The molecule has 148 valence electrons. The molecule has 4 rings (SSSR count). The van der Waals surface area contributed by atoms with Crippen molar-refractivity contribution in [2.75, 3.05) is 33.3 Å². The number of fused-ring (bicyclic) bond motifs is 1. The first kappa shape index (κ1) is 18.8. The van der Waals surface area contributed by atoms with E-state index in [4.69, 9.17) is 9.47 Å². The van der Waals surface area contributed by atoms with E-state index in [-0.39, 0.29) is 18.1 Å². The van der Waals surface area contributed by atoms with Gasteiger partial charge in [-0.05, 0) is 32.2 Å². The Hall–Kier alpha value is -2.53. The number of aryl methyl sites for hydroxylation is 1. The molecule has 0 unspecified atom stereocenters. The number of hydrogen-bond donors (Lipinski definition) is 0. The van der Waals surface area contributed by atoms with Crippen molar-refractivity contribution in [1.82, 2.24) is 9.80 Å². The molecule has 1 saturated heterocycles. The molecule has 0 N–H and O–H groups in total. The van der Waals surface area contributed by atoms with Crippen molar-refractivity contribution in [1.29, 1.82) is 0 Å². The van der Waals surface area contributed by atoms with Gasteiger partial charge in [-0.3, -0.25) is 4.79 Å². The Morgan fingerprint density at radius 1 is 1.11 bits per heavy atom. The maximum Gasteiger partial charge on any atom is 0.260 e. The lowest BCUT2D eigenvalue weighted by molar-refractivity contribution is -0.137. The SMILES string of the molecule is Cc1ccc(OCC(=O)N2Cc3ccccc3OC3(CCN(C)CC3)C2)cc1. The van der Waals surface area contributed by atoms with Gasteiger partial charge in [0.25, 0.3) is 5.91 Å². The minimum Gasteiger partial charge on any atom is -0.485 e. The van der Waals surface area contributed by atoms with E-state index in [0.717, 1.165) is 43.0 Å². The molecule has 0 atom stereocenters. The number of nitrogens with zero attached hydrogens (tertiary/aromatic N) is 2. The highest BCUT2D eigenvalue weighted by Crippen LogP contribution is 2.35. The fraction of sp³-hybridized carbons (Fsp3) is 0.435. The first-order chi connectivity index (χ1) is 13.5. The third-order valence-corrected chi connectivity index (χ3v) is 5.77. The quantitative estimate of drug-likeness (QED) is 0.820. The van der Waals surface area contributed by atoms with Crippen LogP contribution in [0.3, 0.4) is 0 Å². The Kier molecular flexibility index (Phi) is 5.27. The Labute approximate surface area is 166 Å². The van der Waals surface area contributed by atoms with Gasteiger partial charge >= 0.3 is 0 Å². The van der Waals surface area contributed by atoms with E-state index in [0.29, 0.717) is 13.1 Å². The summed E-state index contributed by atoms with van der Waals surface area (Å²) in [6, 6.07) is 15.9. The summed E-state index contributed by atoms with van der Waals surface area (Å²) in [6.45, 7) is 5.19. The minimum atomic E-state index is -0.321. The van der Waals surface area contributed by atoms with E-state index in [9.17, 15) is 4.79 Å². The second kappa shape index (κ2) is 7.84. The number of ether oxygens (including phenoxy) is 2. The highest BCUT2D eigenvalue weighted by atomic mass is 16.5. The van der Waals surface area contributed by atoms with Crippen LogP contribution >= 0.6 is 0 Å². The van der Waals surface area contributed by atoms with Crippen molar-refractivity contribution in [2.24, 2.45) is 0 Å². The van der Waals surface area contributed by atoms with Crippen LogP contribution in [-0.4, -0.2) is 54.6 Å². The number of hydrogen-bond acceptors (Lipinski definition) is 4. The van der Waals surface area contributed by atoms with Crippen LogP contribution in [0.1, 0.15) is 24.0 Å². The average molecular weight is 380 g/mol. The first-order valence-electron chi connectivity index (χ1n) is 9.96. The van der Waals surface area contributed by atoms with Crippen molar-refractivity contribution in [3.63, 3.8) is 0 Å². The zero-order chi connectivity index (χ0) is 19.6. The second-order valence-electron chi connectivity index (χ2n) is 8.05. The highest BCUT2D eigenvalue weighted by molar-refractivity contribution is 5.78. The lowest BCUT2D eigenvalue weighted by Gasteiger charge is -2.41. The molecule has 2 aliphatic rings. The maximum atomic E-state index is 13.0. The van der Waals surface area contributed by atoms with Crippen LogP contribution in [0.15, 0.2) is 48.5 Å². The normalized spacial score (nSPS) is 18.9. The molecule has 0 aliphatic carbocycles. The lowest BCUT2D eigenvalue weighted by atomic mass is 9.90. The Morgan fingerprint density at radius 2 is 1.82 bits per heavy atom. The van der Waals surface area contributed by atoms with Gasteiger partial charge in [0.15, 0.2) is 6.61 Å². The fourth-order valence-electron chi connectivity index (χ4n) is 3.94. The summed E-state index contributed by atoms with van der Waals surface area (Å²) in [5.74, 6) is 1.63. The monoisotopic (exact) mass is 380 g/mol. The molecule has 0 aromatic heterocycles. The number of rotatable bonds is 3. The molecule has 2 heterocycles. The maximum absolute atomic E-state index is 13.0. The van der Waals surface area contributed by atoms with Crippen LogP contribution in [0.5, 0.6) is 11.5 Å². The van der Waals surface area contributed by atoms with Gasteiger partial charge in [-0.1, -0.05) is 35.9 Å². The van der Waals surface area contributed by atoms with Crippen LogP contribution in [-0.2, 0) is 11.3 Å². The summed E-state index contributed by atoms with van der Waals surface area (Å²) in [4.78, 5) is 17.3. The molecule has 1 spiro atoms. The van der Waals surface area contributed by atoms with Gasteiger partial charge in [0.05, 0.1) is 6.54 Å². The van der Waals surface area contributed by atoms with Gasteiger partial charge in [-0.25, -0.2) is 0 Å². The number of amides is 1. The van der Waals surface area contributed by atoms with E-state index >= 15 is 0 Å². The van der Waals surface area contributed by atoms with Crippen molar-refractivity contribution in [2.45, 2.75) is 31.9 Å². The van der Waals surface area contributed by atoms with Gasteiger partial charge in [0.2, 0.25) is 0 Å². The van der Waals surface area contributed by atoms with Gasteiger partial charge in [0, 0.05) is 38.0 Å². The van der Waals surface area contributed by atoms with Crippen molar-refractivity contribution in [3.8, 4) is 11.5 Å². The van der Waals surface area contributed by atoms with E-state index in [2.05, 4.69) is 11.9 Å². The fourth-order valence-corrected chi connectivity index (χ4v) is 3.94. The number of likely N-dealkylation sites (tertiary alicyclic amines) is 1. The Bertz CT molecular complexity index is 826. The van der Waals surface area contributed by atoms with E-state index in [1.165, 1.54) is 5.56 Å². The molecular weight excluding hydrogens is 352 g/mol. The molecule has 5 nitrogen and oxygen atoms in total. The molecule has 1 amide bonds. The molecule has 0 radical (unpaired) electrons. The molecule has 28 heavy (non-hydrogen) atoms. The van der Waals surface area contributed by atoms with Crippen LogP contribution in [0.25, 0.3) is 0 Å². The first-order valence-corrected chi connectivity index (χ1v) is 9.96. The number of benzene rings is 2. The summed E-state index contributed by atoms with van der Waals surface area (Å²) in [5, 5.41) is 0. The van der Waals surface area contributed by atoms with Crippen molar-refractivity contribution < 1.29 is 14.3 Å². The number of carbonyl (C=O) groups is 1. The molecule has 0 bridgehead atoms. The average Bonchev–Trinajstić information content (AvgIpc) is 2.86. The summed E-state index contributed by atoms with van der Waals surface area (Å²) in [7, 11) is 2.13. The standard InChI is InChI=1S/C23H28N2O3/c1-18-7-9-20(10-8-18)27-16-22(26)25-15-19-5-3-4-6-21(19)28-23(17-25)11-13-24(2)14-12-23/h3-10H,11-17H2,1-2H3. The Morgan fingerprint density at radius 3 is 2.57 bits per heavy atom. The topological polar surface area (TPSA) is 42.0 Å². The summed E-state index contributed by atoms with van der Waals surface area (Å²) in [5.41, 5.74) is 1.91. The summed E-state index contributed by atoms with van der Waals surface area (Å²) in [6.07, 6.45) is 1.83. The zero-order valence-electron chi connectivity index (χ0n) is 16.7. The number of piperidine rings is 1. The van der Waals surface area contributed by atoms with Gasteiger partial charge in [-0.2, -0.15) is 0 Å². The molecule has 1 fully saturated rings. The minimum absolute atomic E-state index is 0.000758. The molecule has 5 heteroatoms.